The first-order valence-corrected chi connectivity index (χ1v) is 9.11. The molecule has 0 aliphatic carbocycles. The number of carbonyl (C=O) groups excluding carboxylic acids is 2. The number of aromatic nitrogens is 2. The Morgan fingerprint density at radius 1 is 1.19 bits per heavy atom. The summed E-state index contributed by atoms with van der Waals surface area (Å²) in [7, 11) is 0. The molecule has 7 heteroatoms. The van der Waals surface area contributed by atoms with Crippen LogP contribution in [0, 0.1) is 13.8 Å². The molecule has 1 atom stereocenters. The largest absolute Gasteiger partial charge is 0.458 e. The Bertz CT molecular complexity index is 790. The summed E-state index contributed by atoms with van der Waals surface area (Å²) < 4.78 is 5.89. The number of hydrogen-bond donors (Lipinski definition) is 1. The molecule has 1 N–H and O–H groups in total. The van der Waals surface area contributed by atoms with Gasteiger partial charge in [0.1, 0.15) is 6.10 Å². The van der Waals surface area contributed by atoms with E-state index in [2.05, 4.69) is 15.3 Å². The predicted octanol–water partition coefficient (Wildman–Crippen LogP) is 1.89. The van der Waals surface area contributed by atoms with Gasteiger partial charge in [0.2, 0.25) is 5.91 Å². The first-order valence-electron chi connectivity index (χ1n) is 9.11. The van der Waals surface area contributed by atoms with Crippen molar-refractivity contribution in [3.63, 3.8) is 0 Å². The standard InChI is InChI=1S/C20H24N4O3/c1-14-11-15(2)23-20(22-14)27-17-9-6-10-24(13-17)18(25)12-21-19(26)16-7-4-3-5-8-16/h3-5,7-8,11,17H,6,9-10,12-13H2,1-2H3,(H,21,26). The zero-order chi connectivity index (χ0) is 19.2. The smallest absolute Gasteiger partial charge is 0.317 e. The predicted molar refractivity (Wildman–Crippen MR) is 101 cm³/mol. The molecular weight excluding hydrogens is 344 g/mol. The van der Waals surface area contributed by atoms with E-state index in [4.69, 9.17) is 4.74 Å². The fourth-order valence-electron chi connectivity index (χ4n) is 3.12. The topological polar surface area (TPSA) is 84.4 Å². The summed E-state index contributed by atoms with van der Waals surface area (Å²) in [5.74, 6) is -0.369. The van der Waals surface area contributed by atoms with Gasteiger partial charge in [-0.05, 0) is 44.9 Å². The minimum absolute atomic E-state index is 0.0273. The van der Waals surface area contributed by atoms with E-state index in [1.807, 2.05) is 26.0 Å². The van der Waals surface area contributed by atoms with Gasteiger partial charge < -0.3 is 15.0 Å². The van der Waals surface area contributed by atoms with Crippen molar-refractivity contribution in [2.75, 3.05) is 19.6 Å². The lowest BCUT2D eigenvalue weighted by Crippen LogP contribution is -2.48. The SMILES string of the molecule is Cc1cc(C)nc(OC2CCCN(C(=O)CNC(=O)c3ccccc3)C2)n1. The highest BCUT2D eigenvalue weighted by Crippen LogP contribution is 2.16. The van der Waals surface area contributed by atoms with Crippen LogP contribution in [0.3, 0.4) is 0 Å². The molecule has 0 spiro atoms. The number of likely N-dealkylation sites (tertiary alicyclic amines) is 1. The third-order valence-corrected chi connectivity index (χ3v) is 4.40. The van der Waals surface area contributed by atoms with Crippen molar-refractivity contribution in [1.82, 2.24) is 20.2 Å². The van der Waals surface area contributed by atoms with E-state index < -0.39 is 0 Å². The molecule has 3 rings (SSSR count). The van der Waals surface area contributed by atoms with Gasteiger partial charge in [-0.1, -0.05) is 18.2 Å². The molecular formula is C20H24N4O3. The molecule has 0 bridgehead atoms. The second-order valence-corrected chi connectivity index (χ2v) is 6.70. The van der Waals surface area contributed by atoms with Crippen LogP contribution in [0.5, 0.6) is 6.01 Å². The summed E-state index contributed by atoms with van der Waals surface area (Å²) in [5, 5.41) is 2.68. The fourth-order valence-corrected chi connectivity index (χ4v) is 3.12. The molecule has 1 aliphatic heterocycles. The number of nitrogens with one attached hydrogen (secondary N) is 1. The number of rotatable bonds is 5. The van der Waals surface area contributed by atoms with Crippen molar-refractivity contribution in [1.29, 1.82) is 0 Å². The van der Waals surface area contributed by atoms with E-state index >= 15 is 0 Å². The number of piperidine rings is 1. The second-order valence-electron chi connectivity index (χ2n) is 6.70. The number of ether oxygens (including phenoxy) is 1. The summed E-state index contributed by atoms with van der Waals surface area (Å²) in [6.45, 7) is 4.89. The van der Waals surface area contributed by atoms with Crippen LogP contribution in [0.2, 0.25) is 0 Å². The molecule has 1 fully saturated rings. The van der Waals surface area contributed by atoms with Crippen molar-refractivity contribution >= 4 is 11.8 Å². The lowest BCUT2D eigenvalue weighted by molar-refractivity contribution is -0.132. The van der Waals surface area contributed by atoms with Gasteiger partial charge >= 0.3 is 6.01 Å². The van der Waals surface area contributed by atoms with Crippen LogP contribution in [0.15, 0.2) is 36.4 Å². The van der Waals surface area contributed by atoms with Crippen molar-refractivity contribution < 1.29 is 14.3 Å². The van der Waals surface area contributed by atoms with Crippen LogP contribution in [0.1, 0.15) is 34.6 Å². The molecule has 7 nitrogen and oxygen atoms in total. The van der Waals surface area contributed by atoms with E-state index in [-0.39, 0.29) is 24.5 Å². The van der Waals surface area contributed by atoms with Crippen LogP contribution >= 0.6 is 0 Å². The Morgan fingerprint density at radius 2 is 1.89 bits per heavy atom. The second kappa shape index (κ2) is 8.62. The Hall–Kier alpha value is -2.96. The van der Waals surface area contributed by atoms with Crippen molar-refractivity contribution in [2.45, 2.75) is 32.8 Å². The van der Waals surface area contributed by atoms with Gasteiger partial charge in [0.15, 0.2) is 0 Å². The highest BCUT2D eigenvalue weighted by atomic mass is 16.5. The third kappa shape index (κ3) is 5.26. The Kier molecular flexibility index (Phi) is 6.01. The molecule has 2 aromatic rings. The van der Waals surface area contributed by atoms with E-state index in [1.54, 1.807) is 29.2 Å². The highest BCUT2D eigenvalue weighted by molar-refractivity contribution is 5.96. The molecule has 27 heavy (non-hydrogen) atoms. The Morgan fingerprint density at radius 3 is 2.59 bits per heavy atom. The summed E-state index contributed by atoms with van der Waals surface area (Å²) in [6.07, 6.45) is 1.54. The molecule has 1 saturated heterocycles. The zero-order valence-electron chi connectivity index (χ0n) is 15.6. The van der Waals surface area contributed by atoms with Gasteiger partial charge in [0.25, 0.3) is 5.91 Å². The quantitative estimate of drug-likeness (QED) is 0.871. The molecule has 2 amide bonds. The molecule has 1 aromatic heterocycles. The maximum atomic E-state index is 12.5. The highest BCUT2D eigenvalue weighted by Gasteiger charge is 2.25. The van der Waals surface area contributed by atoms with Gasteiger partial charge in [-0.25, -0.2) is 9.97 Å². The number of hydrogen-bond acceptors (Lipinski definition) is 5. The maximum Gasteiger partial charge on any atom is 0.317 e. The van der Waals surface area contributed by atoms with Crippen LogP contribution in [-0.4, -0.2) is 52.4 Å². The van der Waals surface area contributed by atoms with Crippen LogP contribution in [0.25, 0.3) is 0 Å². The van der Waals surface area contributed by atoms with Crippen molar-refractivity contribution in [2.24, 2.45) is 0 Å². The zero-order valence-corrected chi connectivity index (χ0v) is 15.6. The normalized spacial score (nSPS) is 16.7. The van der Waals surface area contributed by atoms with Gasteiger partial charge in [0.05, 0.1) is 13.1 Å². The monoisotopic (exact) mass is 368 g/mol. The molecule has 1 unspecified atom stereocenters. The van der Waals surface area contributed by atoms with Crippen molar-refractivity contribution in [3.05, 3.63) is 53.3 Å². The van der Waals surface area contributed by atoms with Gasteiger partial charge in [0, 0.05) is 23.5 Å². The van der Waals surface area contributed by atoms with E-state index in [0.717, 1.165) is 24.2 Å². The fraction of sp³-hybridized carbons (Fsp3) is 0.400. The molecule has 1 aromatic carbocycles. The first kappa shape index (κ1) is 18.8. The molecule has 2 heterocycles. The first-order chi connectivity index (χ1) is 13.0. The van der Waals surface area contributed by atoms with E-state index in [0.29, 0.717) is 24.7 Å². The minimum atomic E-state index is -0.252. The van der Waals surface area contributed by atoms with Gasteiger partial charge in [-0.3, -0.25) is 9.59 Å². The van der Waals surface area contributed by atoms with Crippen LogP contribution in [0.4, 0.5) is 0 Å². The average molecular weight is 368 g/mol. The summed E-state index contributed by atoms with van der Waals surface area (Å²) in [5.41, 5.74) is 2.24. The summed E-state index contributed by atoms with van der Waals surface area (Å²) >= 11 is 0. The van der Waals surface area contributed by atoms with Gasteiger partial charge in [-0.15, -0.1) is 0 Å². The maximum absolute atomic E-state index is 12.5. The number of carbonyl (C=O) groups is 2. The lowest BCUT2D eigenvalue weighted by atomic mass is 10.1. The van der Waals surface area contributed by atoms with Gasteiger partial charge in [-0.2, -0.15) is 0 Å². The lowest BCUT2D eigenvalue weighted by Gasteiger charge is -2.32. The summed E-state index contributed by atoms with van der Waals surface area (Å²) in [4.78, 5) is 34.9. The van der Waals surface area contributed by atoms with Crippen LogP contribution < -0.4 is 10.1 Å². The molecule has 0 saturated carbocycles. The molecule has 0 radical (unpaired) electrons. The molecule has 142 valence electrons. The Labute approximate surface area is 158 Å². The van der Waals surface area contributed by atoms with E-state index in [1.165, 1.54) is 0 Å². The number of benzene rings is 1. The number of nitrogens with zero attached hydrogens (tertiary/aromatic N) is 3. The Balaban J connectivity index is 1.52. The minimum Gasteiger partial charge on any atom is -0.458 e. The average Bonchev–Trinajstić information content (AvgIpc) is 2.66. The third-order valence-electron chi connectivity index (χ3n) is 4.40. The number of aryl methyl sites for hydroxylation is 2. The van der Waals surface area contributed by atoms with E-state index in [9.17, 15) is 9.59 Å². The summed E-state index contributed by atoms with van der Waals surface area (Å²) in [6, 6.07) is 11.1. The van der Waals surface area contributed by atoms with Crippen molar-refractivity contribution in [3.8, 4) is 6.01 Å². The molecule has 1 aliphatic rings. The van der Waals surface area contributed by atoms with Crippen LogP contribution in [-0.2, 0) is 4.79 Å². The number of amides is 2.